The van der Waals surface area contributed by atoms with Gasteiger partial charge in [-0.1, -0.05) is 6.92 Å². The average molecular weight is 245 g/mol. The third kappa shape index (κ3) is 4.95. The first kappa shape index (κ1) is 15.6. The van der Waals surface area contributed by atoms with E-state index in [0.29, 0.717) is 0 Å². The summed E-state index contributed by atoms with van der Waals surface area (Å²) < 4.78 is 4.89. The summed E-state index contributed by atoms with van der Waals surface area (Å²) in [6, 6.07) is 0. The molecule has 17 heavy (non-hydrogen) atoms. The minimum absolute atomic E-state index is 0.130. The van der Waals surface area contributed by atoms with E-state index >= 15 is 0 Å². The number of carbonyl (C=O) groups excluding carboxylic acids is 1. The molecule has 0 saturated heterocycles. The Bertz CT molecular complexity index is 312. The lowest BCUT2D eigenvalue weighted by atomic mass is 9.88. The monoisotopic (exact) mass is 245 g/mol. The van der Waals surface area contributed by atoms with Crippen molar-refractivity contribution in [3.05, 3.63) is 0 Å². The largest absolute Gasteiger partial charge is 0.480 e. The Morgan fingerprint density at radius 2 is 1.88 bits per heavy atom. The highest BCUT2D eigenvalue weighted by atomic mass is 16.6. The zero-order valence-corrected chi connectivity index (χ0v) is 10.6. The molecule has 6 nitrogen and oxygen atoms in total. The van der Waals surface area contributed by atoms with Crippen molar-refractivity contribution in [2.75, 3.05) is 6.61 Å². The van der Waals surface area contributed by atoms with Gasteiger partial charge in [0, 0.05) is 6.21 Å². The normalized spacial score (nSPS) is 15.6. The molecule has 0 fully saturated rings. The summed E-state index contributed by atoms with van der Waals surface area (Å²) in [7, 11) is 0. The van der Waals surface area contributed by atoms with Crippen LogP contribution in [0, 0.1) is 5.41 Å². The van der Waals surface area contributed by atoms with Gasteiger partial charge in [-0.05, 0) is 27.2 Å². The van der Waals surface area contributed by atoms with E-state index in [4.69, 9.17) is 14.9 Å². The number of aliphatic hydroxyl groups is 1. The minimum Gasteiger partial charge on any atom is -0.480 e. The molecule has 6 heteroatoms. The lowest BCUT2D eigenvalue weighted by Gasteiger charge is -2.21. The predicted molar refractivity (Wildman–Crippen MR) is 62.2 cm³/mol. The molecular formula is C11H19NO5. The van der Waals surface area contributed by atoms with Gasteiger partial charge in [-0.15, -0.1) is 0 Å². The van der Waals surface area contributed by atoms with Gasteiger partial charge < -0.3 is 14.9 Å². The summed E-state index contributed by atoms with van der Waals surface area (Å²) >= 11 is 0. The summed E-state index contributed by atoms with van der Waals surface area (Å²) in [5, 5.41) is 18.0. The van der Waals surface area contributed by atoms with Crippen molar-refractivity contribution in [1.29, 1.82) is 0 Å². The van der Waals surface area contributed by atoms with Crippen LogP contribution in [0.5, 0.6) is 0 Å². The molecular weight excluding hydrogens is 226 g/mol. The predicted octanol–water partition coefficient (Wildman–Crippen LogP) is 1.47. The molecule has 98 valence electrons. The van der Waals surface area contributed by atoms with Crippen LogP contribution in [0.15, 0.2) is 4.99 Å². The van der Waals surface area contributed by atoms with Crippen LogP contribution in [0.4, 0.5) is 4.79 Å². The SMILES string of the molecule is CCC(/C=N/C(=O)OC(C)(C)C)(CO)C(=O)O. The number of aliphatic carboxylic acids is 1. The lowest BCUT2D eigenvalue weighted by molar-refractivity contribution is -0.146. The van der Waals surface area contributed by atoms with E-state index in [2.05, 4.69) is 4.99 Å². The minimum atomic E-state index is -1.53. The fourth-order valence-electron chi connectivity index (χ4n) is 0.983. The van der Waals surface area contributed by atoms with Crippen LogP contribution in [0.2, 0.25) is 0 Å². The smallest absolute Gasteiger partial charge is 0.433 e. The molecule has 0 aliphatic heterocycles. The van der Waals surface area contributed by atoms with Crippen molar-refractivity contribution in [2.24, 2.45) is 10.4 Å². The van der Waals surface area contributed by atoms with Crippen molar-refractivity contribution in [3.8, 4) is 0 Å². The highest BCUT2D eigenvalue weighted by molar-refractivity contribution is 5.97. The summed E-state index contributed by atoms with van der Waals surface area (Å²) in [4.78, 5) is 25.7. The molecule has 0 aromatic rings. The standard InChI is InChI=1S/C11H19NO5/c1-5-11(7-13,8(14)15)6-12-9(16)17-10(2,3)4/h6,13H,5,7H2,1-4H3,(H,14,15)/b12-6+. The lowest BCUT2D eigenvalue weighted by Crippen LogP contribution is -2.36. The molecule has 0 spiro atoms. The Morgan fingerprint density at radius 1 is 1.35 bits per heavy atom. The number of carboxylic acid groups (broad SMARTS) is 1. The number of amides is 1. The van der Waals surface area contributed by atoms with Gasteiger partial charge in [0.15, 0.2) is 0 Å². The zero-order valence-electron chi connectivity index (χ0n) is 10.6. The van der Waals surface area contributed by atoms with Gasteiger partial charge in [-0.25, -0.2) is 4.79 Å². The van der Waals surface area contributed by atoms with Crippen molar-refractivity contribution in [1.82, 2.24) is 0 Å². The van der Waals surface area contributed by atoms with E-state index in [9.17, 15) is 9.59 Å². The molecule has 1 unspecified atom stereocenters. The van der Waals surface area contributed by atoms with E-state index in [1.165, 1.54) is 0 Å². The van der Waals surface area contributed by atoms with Gasteiger partial charge in [-0.2, -0.15) is 4.99 Å². The molecule has 0 aliphatic carbocycles. The molecule has 1 atom stereocenters. The van der Waals surface area contributed by atoms with Crippen LogP contribution in [-0.2, 0) is 9.53 Å². The van der Waals surface area contributed by atoms with Crippen LogP contribution in [0.25, 0.3) is 0 Å². The number of aliphatic imine (C=N–C) groups is 1. The number of carboxylic acids is 1. The first-order chi connectivity index (χ1) is 7.67. The first-order valence-electron chi connectivity index (χ1n) is 5.29. The third-order valence-electron chi connectivity index (χ3n) is 2.15. The average Bonchev–Trinajstić information content (AvgIpc) is 2.17. The number of hydrogen-bond donors (Lipinski definition) is 2. The second-order valence-electron chi connectivity index (χ2n) is 4.71. The highest BCUT2D eigenvalue weighted by Crippen LogP contribution is 2.19. The van der Waals surface area contributed by atoms with Gasteiger partial charge in [-0.3, -0.25) is 4.79 Å². The van der Waals surface area contributed by atoms with Crippen molar-refractivity contribution >= 4 is 18.3 Å². The number of rotatable bonds is 4. The Morgan fingerprint density at radius 3 is 2.18 bits per heavy atom. The number of carbonyl (C=O) groups is 2. The van der Waals surface area contributed by atoms with Crippen molar-refractivity contribution < 1.29 is 24.5 Å². The maximum atomic E-state index is 11.3. The fraction of sp³-hybridized carbons (Fsp3) is 0.727. The van der Waals surface area contributed by atoms with Crippen LogP contribution in [0.1, 0.15) is 34.1 Å². The van der Waals surface area contributed by atoms with Gasteiger partial charge in [0.1, 0.15) is 11.0 Å². The second-order valence-corrected chi connectivity index (χ2v) is 4.71. The topological polar surface area (TPSA) is 96.2 Å². The first-order valence-corrected chi connectivity index (χ1v) is 5.29. The molecule has 0 aromatic heterocycles. The van der Waals surface area contributed by atoms with Gasteiger partial charge in [0.25, 0.3) is 0 Å². The Labute approximate surface area is 100 Å². The summed E-state index contributed by atoms with van der Waals surface area (Å²) in [5.74, 6) is -1.23. The Hall–Kier alpha value is -1.43. The van der Waals surface area contributed by atoms with Crippen LogP contribution in [0.3, 0.4) is 0 Å². The Kier molecular flexibility index (Phi) is 5.28. The quantitative estimate of drug-likeness (QED) is 0.731. The summed E-state index contributed by atoms with van der Waals surface area (Å²) in [5.41, 5.74) is -2.22. The van der Waals surface area contributed by atoms with Crippen molar-refractivity contribution in [2.45, 2.75) is 39.7 Å². The molecule has 0 saturated carbocycles. The Balaban J connectivity index is 4.79. The third-order valence-corrected chi connectivity index (χ3v) is 2.15. The van der Waals surface area contributed by atoms with Crippen molar-refractivity contribution in [3.63, 3.8) is 0 Å². The van der Waals surface area contributed by atoms with E-state index in [0.717, 1.165) is 6.21 Å². The molecule has 0 bridgehead atoms. The number of ether oxygens (including phenoxy) is 1. The number of nitrogens with zero attached hydrogens (tertiary/aromatic N) is 1. The van der Waals surface area contributed by atoms with Gasteiger partial charge >= 0.3 is 12.1 Å². The van der Waals surface area contributed by atoms with Crippen LogP contribution >= 0.6 is 0 Å². The van der Waals surface area contributed by atoms with Gasteiger partial charge in [0.2, 0.25) is 0 Å². The second kappa shape index (κ2) is 5.77. The van der Waals surface area contributed by atoms with E-state index in [1.807, 2.05) is 0 Å². The van der Waals surface area contributed by atoms with Gasteiger partial charge in [0.05, 0.1) is 6.61 Å². The summed E-state index contributed by atoms with van der Waals surface area (Å²) in [6.45, 7) is 6.00. The fourth-order valence-corrected chi connectivity index (χ4v) is 0.983. The van der Waals surface area contributed by atoms with Crippen LogP contribution in [-0.4, -0.2) is 40.7 Å². The molecule has 0 heterocycles. The molecule has 1 amide bonds. The maximum Gasteiger partial charge on any atom is 0.433 e. The van der Waals surface area contributed by atoms with E-state index < -0.39 is 29.7 Å². The van der Waals surface area contributed by atoms with E-state index in [1.54, 1.807) is 27.7 Å². The van der Waals surface area contributed by atoms with E-state index in [-0.39, 0.29) is 6.42 Å². The summed E-state index contributed by atoms with van der Waals surface area (Å²) in [6.07, 6.45) is 0.194. The maximum absolute atomic E-state index is 11.3. The highest BCUT2D eigenvalue weighted by Gasteiger charge is 2.34. The molecule has 2 N–H and O–H groups in total. The molecule has 0 aromatic carbocycles. The zero-order chi connectivity index (χ0) is 13.7. The number of hydrogen-bond acceptors (Lipinski definition) is 4. The molecule has 0 radical (unpaired) electrons. The molecule has 0 rings (SSSR count). The molecule has 0 aliphatic rings. The van der Waals surface area contributed by atoms with Crippen LogP contribution < -0.4 is 0 Å². The number of aliphatic hydroxyl groups excluding tert-OH is 1.